The monoisotopic (exact) mass is 510 g/mol. The first-order valence-electron chi connectivity index (χ1n) is 11.2. The molecule has 5 aromatic rings. The molecule has 0 atom stereocenters. The van der Waals surface area contributed by atoms with Gasteiger partial charge in [-0.15, -0.1) is 0 Å². The molecule has 4 aromatic carbocycles. The number of sulfonamides is 1. The number of fused-ring (bicyclic) bond motifs is 1. The number of rotatable bonds is 6. The van der Waals surface area contributed by atoms with E-state index in [1.54, 1.807) is 79.0 Å². The molecule has 0 saturated carbocycles. The number of primary sulfonamides is 1. The van der Waals surface area contributed by atoms with Crippen LogP contribution in [-0.4, -0.2) is 19.3 Å². The minimum absolute atomic E-state index is 0.0181. The minimum atomic E-state index is -3.90. The van der Waals surface area contributed by atoms with Crippen LogP contribution in [0.15, 0.2) is 108 Å². The van der Waals surface area contributed by atoms with Gasteiger partial charge in [0, 0.05) is 22.7 Å². The molecule has 37 heavy (non-hydrogen) atoms. The van der Waals surface area contributed by atoms with Crippen LogP contribution in [0.2, 0.25) is 0 Å². The number of amides is 1. The standard InChI is InChI=1S/C28H22N4O4S/c29-27-23-17-21(14-13-19(23)15-16-31-27)36-25-7-3-2-6-24(25)32-28(33)20-11-9-18(10-12-20)22-5-1-4-8-26(22)37(30,34)35/h1-17H,(H2,29,31)(H,32,33)(H2,30,34,35). The molecule has 0 spiro atoms. The number of hydrogen-bond acceptors (Lipinski definition) is 6. The Morgan fingerprint density at radius 1 is 0.865 bits per heavy atom. The van der Waals surface area contributed by atoms with Crippen molar-refractivity contribution in [2.24, 2.45) is 5.14 Å². The van der Waals surface area contributed by atoms with Crippen LogP contribution >= 0.6 is 0 Å². The molecule has 0 bridgehead atoms. The van der Waals surface area contributed by atoms with Gasteiger partial charge in [-0.2, -0.15) is 0 Å². The lowest BCUT2D eigenvalue weighted by Gasteiger charge is -2.13. The van der Waals surface area contributed by atoms with Gasteiger partial charge in [-0.3, -0.25) is 4.79 Å². The minimum Gasteiger partial charge on any atom is -0.455 e. The maximum atomic E-state index is 13.0. The highest BCUT2D eigenvalue weighted by molar-refractivity contribution is 7.89. The molecule has 8 nitrogen and oxygen atoms in total. The highest BCUT2D eigenvalue weighted by atomic mass is 32.2. The van der Waals surface area contributed by atoms with E-state index in [9.17, 15) is 13.2 Å². The van der Waals surface area contributed by atoms with Crippen molar-refractivity contribution < 1.29 is 17.9 Å². The number of benzene rings is 4. The third kappa shape index (κ3) is 5.13. The van der Waals surface area contributed by atoms with Gasteiger partial charge in [-0.05, 0) is 59.5 Å². The number of aromatic nitrogens is 1. The van der Waals surface area contributed by atoms with E-state index in [0.29, 0.717) is 39.7 Å². The predicted molar refractivity (Wildman–Crippen MR) is 144 cm³/mol. The summed E-state index contributed by atoms with van der Waals surface area (Å²) >= 11 is 0. The van der Waals surface area contributed by atoms with Crippen LogP contribution in [-0.2, 0) is 10.0 Å². The summed E-state index contributed by atoms with van der Waals surface area (Å²) in [6, 6.07) is 27.5. The summed E-state index contributed by atoms with van der Waals surface area (Å²) in [6.07, 6.45) is 1.65. The van der Waals surface area contributed by atoms with Crippen molar-refractivity contribution in [1.29, 1.82) is 0 Å². The number of anilines is 2. The number of ether oxygens (including phenoxy) is 1. The van der Waals surface area contributed by atoms with Crippen molar-refractivity contribution in [1.82, 2.24) is 4.98 Å². The largest absolute Gasteiger partial charge is 0.455 e. The number of hydrogen-bond donors (Lipinski definition) is 3. The number of pyridine rings is 1. The molecule has 9 heteroatoms. The first kappa shape index (κ1) is 24.0. The second-order valence-electron chi connectivity index (χ2n) is 8.25. The summed E-state index contributed by atoms with van der Waals surface area (Å²) in [6.45, 7) is 0. The molecule has 0 unspecified atom stereocenters. The van der Waals surface area contributed by atoms with Gasteiger partial charge in [0.05, 0.1) is 10.6 Å². The molecule has 0 radical (unpaired) electrons. The van der Waals surface area contributed by atoms with Crippen LogP contribution in [0.4, 0.5) is 11.5 Å². The number of nitrogen functional groups attached to an aromatic ring is 1. The van der Waals surface area contributed by atoms with E-state index in [0.717, 1.165) is 10.8 Å². The number of carbonyl (C=O) groups is 1. The fourth-order valence-corrected chi connectivity index (χ4v) is 4.73. The maximum Gasteiger partial charge on any atom is 0.255 e. The van der Waals surface area contributed by atoms with E-state index < -0.39 is 10.0 Å². The van der Waals surface area contributed by atoms with Gasteiger partial charge in [0.2, 0.25) is 10.0 Å². The smallest absolute Gasteiger partial charge is 0.255 e. The predicted octanol–water partition coefficient (Wildman–Crippen LogP) is 5.18. The molecular weight excluding hydrogens is 488 g/mol. The highest BCUT2D eigenvalue weighted by Gasteiger charge is 2.16. The van der Waals surface area contributed by atoms with Crippen LogP contribution < -0.4 is 20.9 Å². The Kier molecular flexibility index (Phi) is 6.31. The Hall–Kier alpha value is -4.73. The molecule has 0 aliphatic rings. The van der Waals surface area contributed by atoms with E-state index >= 15 is 0 Å². The molecular formula is C28H22N4O4S. The molecule has 184 valence electrons. The number of nitrogens with zero attached hydrogens (tertiary/aromatic N) is 1. The van der Waals surface area contributed by atoms with Crippen LogP contribution in [0.3, 0.4) is 0 Å². The van der Waals surface area contributed by atoms with Crippen molar-refractivity contribution in [3.8, 4) is 22.6 Å². The highest BCUT2D eigenvalue weighted by Crippen LogP contribution is 2.33. The van der Waals surface area contributed by atoms with Crippen LogP contribution in [0.1, 0.15) is 10.4 Å². The number of carbonyl (C=O) groups excluding carboxylic acids is 1. The Bertz CT molecular complexity index is 1740. The average molecular weight is 511 g/mol. The van der Waals surface area contributed by atoms with Gasteiger partial charge in [0.25, 0.3) is 5.91 Å². The van der Waals surface area contributed by atoms with Crippen molar-refractivity contribution in [3.63, 3.8) is 0 Å². The molecule has 5 N–H and O–H groups in total. The second kappa shape index (κ2) is 9.73. The van der Waals surface area contributed by atoms with E-state index in [1.807, 2.05) is 18.2 Å². The van der Waals surface area contributed by atoms with E-state index in [1.165, 1.54) is 6.07 Å². The van der Waals surface area contributed by atoms with E-state index in [4.69, 9.17) is 15.6 Å². The third-order valence-electron chi connectivity index (χ3n) is 5.78. The molecule has 5 rings (SSSR count). The van der Waals surface area contributed by atoms with Crippen molar-refractivity contribution >= 4 is 38.2 Å². The zero-order valence-electron chi connectivity index (χ0n) is 19.5. The quantitative estimate of drug-likeness (QED) is 0.288. The normalized spacial score (nSPS) is 11.3. The molecule has 1 amide bonds. The molecule has 0 saturated heterocycles. The van der Waals surface area contributed by atoms with Crippen molar-refractivity contribution in [2.45, 2.75) is 4.90 Å². The lowest BCUT2D eigenvalue weighted by molar-refractivity contribution is 0.102. The second-order valence-corrected chi connectivity index (χ2v) is 9.78. The molecule has 1 heterocycles. The fourth-order valence-electron chi connectivity index (χ4n) is 3.97. The molecule has 0 fully saturated rings. The first-order valence-corrected chi connectivity index (χ1v) is 12.8. The molecule has 0 aliphatic heterocycles. The summed E-state index contributed by atoms with van der Waals surface area (Å²) in [5.74, 6) is 1.05. The summed E-state index contributed by atoms with van der Waals surface area (Å²) in [4.78, 5) is 17.1. The lowest BCUT2D eigenvalue weighted by atomic mass is 10.0. The number of nitrogens with two attached hydrogens (primary N) is 2. The van der Waals surface area contributed by atoms with Gasteiger partial charge >= 0.3 is 0 Å². The summed E-state index contributed by atoms with van der Waals surface area (Å²) < 4.78 is 29.9. The average Bonchev–Trinajstić information content (AvgIpc) is 2.90. The fraction of sp³-hybridized carbons (Fsp3) is 0. The number of nitrogens with one attached hydrogen (secondary N) is 1. The van der Waals surface area contributed by atoms with Crippen molar-refractivity contribution in [3.05, 3.63) is 109 Å². The molecule has 0 aliphatic carbocycles. The summed E-state index contributed by atoms with van der Waals surface area (Å²) in [5.41, 5.74) is 7.94. The van der Waals surface area contributed by atoms with E-state index in [2.05, 4.69) is 10.3 Å². The Labute approximate surface area is 213 Å². The van der Waals surface area contributed by atoms with Gasteiger partial charge in [-0.1, -0.05) is 48.5 Å². The lowest BCUT2D eigenvalue weighted by Crippen LogP contribution is -2.13. The van der Waals surface area contributed by atoms with Gasteiger partial charge in [-0.25, -0.2) is 18.5 Å². The number of para-hydroxylation sites is 2. The summed E-state index contributed by atoms with van der Waals surface area (Å²) in [7, 11) is -3.90. The maximum absolute atomic E-state index is 13.0. The Morgan fingerprint density at radius 3 is 2.38 bits per heavy atom. The molecule has 1 aromatic heterocycles. The SMILES string of the molecule is Nc1nccc2ccc(Oc3ccccc3NC(=O)c3ccc(-c4ccccc4S(N)(=O)=O)cc3)cc12. The zero-order chi connectivity index (χ0) is 26.0. The van der Waals surface area contributed by atoms with Crippen molar-refractivity contribution in [2.75, 3.05) is 11.1 Å². The van der Waals surface area contributed by atoms with Crippen LogP contribution in [0, 0.1) is 0 Å². The van der Waals surface area contributed by atoms with E-state index in [-0.39, 0.29) is 10.8 Å². The van der Waals surface area contributed by atoms with Crippen LogP contribution in [0.25, 0.3) is 21.9 Å². The summed E-state index contributed by atoms with van der Waals surface area (Å²) in [5, 5.41) is 9.93. The van der Waals surface area contributed by atoms with Gasteiger partial charge in [0.1, 0.15) is 11.6 Å². The Morgan fingerprint density at radius 2 is 1.59 bits per heavy atom. The van der Waals surface area contributed by atoms with Gasteiger partial charge < -0.3 is 15.8 Å². The third-order valence-corrected chi connectivity index (χ3v) is 6.75. The first-order chi connectivity index (χ1) is 17.8. The topological polar surface area (TPSA) is 137 Å². The Balaban J connectivity index is 1.37. The van der Waals surface area contributed by atoms with Crippen LogP contribution in [0.5, 0.6) is 11.5 Å². The zero-order valence-corrected chi connectivity index (χ0v) is 20.3. The van der Waals surface area contributed by atoms with Gasteiger partial charge in [0.15, 0.2) is 5.75 Å².